The zero-order valence-electron chi connectivity index (χ0n) is 6.94. The molecule has 58 valence electrons. The van der Waals surface area contributed by atoms with E-state index in [1.54, 1.807) is 4.20 Å². The minimum Gasteiger partial charge on any atom is -0.0691 e. The van der Waals surface area contributed by atoms with Gasteiger partial charge in [-0.05, 0) is 0 Å². The molecule has 1 aliphatic heterocycles. The molecule has 1 aliphatic rings. The summed E-state index contributed by atoms with van der Waals surface area (Å²) in [7, 11) is 0. The molecule has 0 amide bonds. The Morgan fingerprint density at radius 2 is 2.10 bits per heavy atom. The molecule has 0 bridgehead atoms. The summed E-state index contributed by atoms with van der Waals surface area (Å²) in [6, 6.07) is 0. The Balaban J connectivity index is 2.62. The van der Waals surface area contributed by atoms with Gasteiger partial charge in [0.1, 0.15) is 0 Å². The van der Waals surface area contributed by atoms with Crippen LogP contribution in [-0.4, -0.2) is 15.7 Å². The van der Waals surface area contributed by atoms with Crippen molar-refractivity contribution in [3.05, 3.63) is 0 Å². The van der Waals surface area contributed by atoms with Crippen LogP contribution in [-0.2, 0) is 11.4 Å². The monoisotopic (exact) mass is 175 g/mol. The van der Waals surface area contributed by atoms with Crippen LogP contribution in [0.4, 0.5) is 0 Å². The van der Waals surface area contributed by atoms with Crippen molar-refractivity contribution in [2.75, 3.05) is 11.5 Å². The highest BCUT2D eigenvalue weighted by Gasteiger charge is 2.29. The molecular weight excluding hydrogens is 160 g/mol. The third kappa shape index (κ3) is 2.24. The van der Waals surface area contributed by atoms with E-state index in [4.69, 9.17) is 0 Å². The molecule has 0 N–H and O–H groups in total. The van der Waals surface area contributed by atoms with Gasteiger partial charge in [0.2, 0.25) is 4.20 Å². The fraction of sp³-hybridized carbons (Fsp3) is 0.875. The molecule has 1 rings (SSSR count). The summed E-state index contributed by atoms with van der Waals surface area (Å²) >= 11 is 4.10. The van der Waals surface area contributed by atoms with Gasteiger partial charge >= 0.3 is 0 Å². The third-order valence-electron chi connectivity index (χ3n) is 1.37. The highest BCUT2D eigenvalue weighted by atomic mass is 32.2. The summed E-state index contributed by atoms with van der Waals surface area (Å²) in [5.41, 5.74) is 0.412. The molecule has 0 atom stereocenters. The van der Waals surface area contributed by atoms with Gasteiger partial charge in [-0.25, -0.2) is 0 Å². The molecule has 2 heteroatoms. The van der Waals surface area contributed by atoms with Gasteiger partial charge in [0.05, 0.1) is 0 Å². The van der Waals surface area contributed by atoms with E-state index >= 15 is 0 Å². The Labute approximate surface area is 71.7 Å². The van der Waals surface area contributed by atoms with E-state index < -0.39 is 0 Å². The van der Waals surface area contributed by atoms with Gasteiger partial charge in [0, 0.05) is 17.6 Å². The van der Waals surface area contributed by atoms with Crippen LogP contribution < -0.4 is 0 Å². The summed E-state index contributed by atoms with van der Waals surface area (Å²) in [6.45, 7) is 6.90. The lowest BCUT2D eigenvalue weighted by atomic mass is 10.0. The number of hydrogen-bond acceptors (Lipinski definition) is 1. The SMILES string of the molecule is CC(C)(C)C1=[S+]CCCS1. The van der Waals surface area contributed by atoms with E-state index in [2.05, 4.69) is 20.8 Å². The minimum absolute atomic E-state index is 0.412. The molecule has 0 saturated heterocycles. The lowest BCUT2D eigenvalue weighted by Crippen LogP contribution is -2.21. The van der Waals surface area contributed by atoms with Gasteiger partial charge in [0.25, 0.3) is 0 Å². The first-order chi connectivity index (χ1) is 4.61. The zero-order chi connectivity index (χ0) is 7.61. The van der Waals surface area contributed by atoms with E-state index in [1.165, 1.54) is 17.9 Å². The fourth-order valence-electron chi connectivity index (χ4n) is 0.863. The van der Waals surface area contributed by atoms with Crippen LogP contribution in [0.1, 0.15) is 27.2 Å². The zero-order valence-corrected chi connectivity index (χ0v) is 8.57. The maximum absolute atomic E-state index is 2.30. The number of rotatable bonds is 0. The molecule has 0 nitrogen and oxygen atoms in total. The normalized spacial score (nSPS) is 20.5. The number of thioether (sulfide) groups is 1. The Morgan fingerprint density at radius 1 is 1.40 bits per heavy atom. The summed E-state index contributed by atoms with van der Waals surface area (Å²) in [6.07, 6.45) is 1.38. The molecule has 0 unspecified atom stereocenters. The van der Waals surface area contributed by atoms with Crippen molar-refractivity contribution in [2.24, 2.45) is 5.41 Å². The minimum atomic E-state index is 0.412. The van der Waals surface area contributed by atoms with E-state index in [9.17, 15) is 0 Å². The van der Waals surface area contributed by atoms with Crippen molar-refractivity contribution in [3.8, 4) is 0 Å². The maximum Gasteiger partial charge on any atom is 0.239 e. The highest BCUT2D eigenvalue weighted by Crippen LogP contribution is 2.26. The molecule has 0 aromatic rings. The topological polar surface area (TPSA) is 0 Å². The molecule has 0 fully saturated rings. The predicted molar refractivity (Wildman–Crippen MR) is 53.8 cm³/mol. The van der Waals surface area contributed by atoms with Gasteiger partial charge in [-0.3, -0.25) is 0 Å². The Hall–Kier alpha value is 0.440. The predicted octanol–water partition coefficient (Wildman–Crippen LogP) is 2.38. The van der Waals surface area contributed by atoms with Crippen LogP contribution >= 0.6 is 11.8 Å². The lowest BCUT2D eigenvalue weighted by molar-refractivity contribution is 0.610. The van der Waals surface area contributed by atoms with Crippen molar-refractivity contribution < 1.29 is 0 Å². The smallest absolute Gasteiger partial charge is 0.0691 e. The summed E-state index contributed by atoms with van der Waals surface area (Å²) in [5, 5.41) is 0. The molecule has 0 radical (unpaired) electrons. The molecule has 0 aromatic carbocycles. The Kier molecular flexibility index (Phi) is 2.75. The largest absolute Gasteiger partial charge is 0.239 e. The first kappa shape index (κ1) is 8.54. The van der Waals surface area contributed by atoms with Gasteiger partial charge in [-0.15, -0.1) is 0 Å². The summed E-state index contributed by atoms with van der Waals surface area (Å²) < 4.78 is 1.62. The van der Waals surface area contributed by atoms with Gasteiger partial charge in [-0.1, -0.05) is 32.5 Å². The molecule has 1 heterocycles. The second-order valence-electron chi connectivity index (χ2n) is 3.59. The van der Waals surface area contributed by atoms with Crippen LogP contribution in [0.2, 0.25) is 0 Å². The van der Waals surface area contributed by atoms with Gasteiger partial charge < -0.3 is 0 Å². The second-order valence-corrected chi connectivity index (χ2v) is 6.06. The lowest BCUT2D eigenvalue weighted by Gasteiger charge is -2.15. The van der Waals surface area contributed by atoms with Crippen LogP contribution in [0.25, 0.3) is 0 Å². The first-order valence-corrected chi connectivity index (χ1v) is 5.71. The second kappa shape index (κ2) is 3.22. The van der Waals surface area contributed by atoms with Crippen molar-refractivity contribution in [1.29, 1.82) is 0 Å². The van der Waals surface area contributed by atoms with Crippen molar-refractivity contribution >= 4 is 27.3 Å². The van der Waals surface area contributed by atoms with Crippen molar-refractivity contribution in [1.82, 2.24) is 0 Å². The average Bonchev–Trinajstić information content (AvgIpc) is 1.88. The van der Waals surface area contributed by atoms with Gasteiger partial charge in [-0.2, -0.15) is 0 Å². The van der Waals surface area contributed by atoms with Crippen molar-refractivity contribution in [3.63, 3.8) is 0 Å². The van der Waals surface area contributed by atoms with Crippen LogP contribution in [0.15, 0.2) is 0 Å². The molecule has 0 spiro atoms. The number of hydrogen-bond donors (Lipinski definition) is 0. The molecular formula is C8H15S2+. The van der Waals surface area contributed by atoms with Crippen molar-refractivity contribution in [2.45, 2.75) is 27.2 Å². The quantitative estimate of drug-likeness (QED) is 0.402. The standard InChI is InChI=1S/C8H15S2/c1-8(2,3)7-9-5-4-6-10-7/h4-6H2,1-3H3/q+1. The first-order valence-electron chi connectivity index (χ1n) is 3.74. The molecule has 0 aromatic heterocycles. The maximum atomic E-state index is 2.30. The van der Waals surface area contributed by atoms with Crippen LogP contribution in [0.3, 0.4) is 0 Å². The molecule has 0 aliphatic carbocycles. The fourth-order valence-corrected chi connectivity index (χ4v) is 3.69. The van der Waals surface area contributed by atoms with E-state index in [0.717, 1.165) is 0 Å². The molecule has 0 saturated carbocycles. The average molecular weight is 175 g/mol. The van der Waals surface area contributed by atoms with E-state index in [1.807, 2.05) is 23.1 Å². The van der Waals surface area contributed by atoms with Crippen LogP contribution in [0.5, 0.6) is 0 Å². The van der Waals surface area contributed by atoms with Gasteiger partial charge in [0.15, 0.2) is 17.1 Å². The molecule has 10 heavy (non-hydrogen) atoms. The van der Waals surface area contributed by atoms with Crippen LogP contribution in [0, 0.1) is 5.41 Å². The Bertz CT molecular complexity index is 142. The van der Waals surface area contributed by atoms with E-state index in [-0.39, 0.29) is 0 Å². The Morgan fingerprint density at radius 3 is 2.40 bits per heavy atom. The third-order valence-corrected chi connectivity index (χ3v) is 4.81. The van der Waals surface area contributed by atoms with E-state index in [0.29, 0.717) is 5.41 Å². The summed E-state index contributed by atoms with van der Waals surface area (Å²) in [4.78, 5) is 0. The summed E-state index contributed by atoms with van der Waals surface area (Å²) in [5.74, 6) is 2.67. The highest BCUT2D eigenvalue weighted by molar-refractivity contribution is 8.23.